The summed E-state index contributed by atoms with van der Waals surface area (Å²) in [5.74, 6) is 0.508. The van der Waals surface area contributed by atoms with Crippen LogP contribution in [0.25, 0.3) is 0 Å². The molecule has 2 aromatic rings. The van der Waals surface area contributed by atoms with Crippen LogP contribution in [-0.2, 0) is 0 Å². The molecule has 0 saturated carbocycles. The fourth-order valence-electron chi connectivity index (χ4n) is 1.93. The second-order valence-corrected chi connectivity index (χ2v) is 5.78. The lowest BCUT2D eigenvalue weighted by atomic mass is 10.2. The van der Waals surface area contributed by atoms with Crippen LogP contribution in [0, 0.1) is 5.82 Å². The monoisotopic (exact) mass is 319 g/mol. The lowest BCUT2D eigenvalue weighted by Gasteiger charge is -2.09. The third-order valence-electron chi connectivity index (χ3n) is 3.02. The maximum atomic E-state index is 13.2. The van der Waals surface area contributed by atoms with Crippen LogP contribution in [0.15, 0.2) is 53.4 Å². The lowest BCUT2D eigenvalue weighted by molar-refractivity contribution is 0.0950. The van der Waals surface area contributed by atoms with Gasteiger partial charge in [-0.2, -0.15) is 0 Å². The highest BCUT2D eigenvalue weighted by atomic mass is 32.2. The predicted molar refractivity (Wildman–Crippen MR) is 87.1 cm³/mol. The Kier molecular flexibility index (Phi) is 6.27. The fourth-order valence-corrected chi connectivity index (χ4v) is 2.81. The van der Waals surface area contributed by atoms with E-state index in [1.54, 1.807) is 11.8 Å². The van der Waals surface area contributed by atoms with E-state index in [0.29, 0.717) is 12.3 Å². The number of nitrogens with one attached hydrogen (secondary N) is 1. The molecule has 0 heterocycles. The maximum absolute atomic E-state index is 13.2. The molecule has 2 aromatic carbocycles. The number of ether oxygens (including phenoxy) is 1. The quantitative estimate of drug-likeness (QED) is 0.624. The summed E-state index contributed by atoms with van der Waals surface area (Å²) in [5, 5.41) is 2.79. The van der Waals surface area contributed by atoms with Crippen molar-refractivity contribution in [2.45, 2.75) is 11.3 Å². The number of methoxy groups -OCH3 is 1. The number of thioether (sulfide) groups is 1. The van der Waals surface area contributed by atoms with Crippen LogP contribution in [0.1, 0.15) is 16.8 Å². The van der Waals surface area contributed by atoms with Crippen LogP contribution in [0.4, 0.5) is 4.39 Å². The first-order valence-electron chi connectivity index (χ1n) is 7.00. The van der Waals surface area contributed by atoms with Crippen LogP contribution in [0.3, 0.4) is 0 Å². The highest BCUT2D eigenvalue weighted by molar-refractivity contribution is 7.99. The van der Waals surface area contributed by atoms with Crippen LogP contribution in [0.2, 0.25) is 0 Å². The Morgan fingerprint density at radius 2 is 2.00 bits per heavy atom. The van der Waals surface area contributed by atoms with Crippen LogP contribution >= 0.6 is 11.8 Å². The van der Waals surface area contributed by atoms with Gasteiger partial charge in [-0.3, -0.25) is 4.79 Å². The molecule has 3 nitrogen and oxygen atoms in total. The zero-order valence-corrected chi connectivity index (χ0v) is 13.2. The van der Waals surface area contributed by atoms with E-state index in [2.05, 4.69) is 17.4 Å². The van der Waals surface area contributed by atoms with E-state index < -0.39 is 5.82 Å². The van der Waals surface area contributed by atoms with Crippen LogP contribution < -0.4 is 10.1 Å². The average molecular weight is 319 g/mol. The molecule has 0 atom stereocenters. The molecule has 0 saturated heterocycles. The van der Waals surface area contributed by atoms with Gasteiger partial charge >= 0.3 is 0 Å². The standard InChI is InChI=1S/C17H18FNO2S/c1-21-16-9-8-13(18)12-15(16)17(20)19-10-5-11-22-14-6-3-2-4-7-14/h2-4,6-9,12H,5,10-11H2,1H3,(H,19,20). The maximum Gasteiger partial charge on any atom is 0.255 e. The Labute approximate surface area is 133 Å². The Bertz CT molecular complexity index is 619. The van der Waals surface area contributed by atoms with Gasteiger partial charge < -0.3 is 10.1 Å². The Morgan fingerprint density at radius 3 is 2.73 bits per heavy atom. The van der Waals surface area contributed by atoms with Gasteiger partial charge in [0.1, 0.15) is 11.6 Å². The van der Waals surface area contributed by atoms with Crippen LogP contribution in [0.5, 0.6) is 5.75 Å². The summed E-state index contributed by atoms with van der Waals surface area (Å²) in [5.41, 5.74) is 0.221. The summed E-state index contributed by atoms with van der Waals surface area (Å²) >= 11 is 1.74. The highest BCUT2D eigenvalue weighted by Crippen LogP contribution is 2.19. The van der Waals surface area contributed by atoms with Crippen molar-refractivity contribution in [3.63, 3.8) is 0 Å². The number of rotatable bonds is 7. The summed E-state index contributed by atoms with van der Waals surface area (Å²) < 4.78 is 18.3. The Hall–Kier alpha value is -2.01. The zero-order valence-electron chi connectivity index (χ0n) is 12.3. The number of carbonyl (C=O) groups is 1. The first-order chi connectivity index (χ1) is 10.7. The van der Waals surface area contributed by atoms with Crippen LogP contribution in [-0.4, -0.2) is 25.3 Å². The van der Waals surface area contributed by atoms with E-state index in [1.807, 2.05) is 18.2 Å². The third-order valence-corrected chi connectivity index (χ3v) is 4.12. The number of amides is 1. The van der Waals surface area contributed by atoms with Crippen molar-refractivity contribution in [2.75, 3.05) is 19.4 Å². The molecular formula is C17H18FNO2S. The molecule has 0 unspecified atom stereocenters. The Morgan fingerprint density at radius 1 is 1.23 bits per heavy atom. The summed E-state index contributed by atoms with van der Waals surface area (Å²) in [7, 11) is 1.46. The summed E-state index contributed by atoms with van der Waals surface area (Å²) in [6, 6.07) is 14.0. The molecule has 0 aliphatic carbocycles. The van der Waals surface area contributed by atoms with Gasteiger partial charge in [-0.05, 0) is 42.5 Å². The molecule has 1 amide bonds. The van der Waals surface area contributed by atoms with E-state index in [0.717, 1.165) is 12.2 Å². The molecule has 0 aliphatic rings. The first kappa shape index (κ1) is 16.4. The summed E-state index contributed by atoms with van der Waals surface area (Å²) in [6.07, 6.45) is 0.836. The van der Waals surface area contributed by atoms with Crippen molar-refractivity contribution in [2.24, 2.45) is 0 Å². The normalized spacial score (nSPS) is 10.3. The molecule has 5 heteroatoms. The van der Waals surface area contributed by atoms with Gasteiger partial charge in [-0.15, -0.1) is 11.8 Å². The molecule has 116 valence electrons. The van der Waals surface area contributed by atoms with Gasteiger partial charge in [0, 0.05) is 11.4 Å². The van der Waals surface area contributed by atoms with E-state index in [9.17, 15) is 9.18 Å². The summed E-state index contributed by atoms with van der Waals surface area (Å²) in [4.78, 5) is 13.3. The summed E-state index contributed by atoms with van der Waals surface area (Å²) in [6.45, 7) is 0.540. The lowest BCUT2D eigenvalue weighted by Crippen LogP contribution is -2.25. The van der Waals surface area contributed by atoms with Gasteiger partial charge in [0.05, 0.1) is 12.7 Å². The minimum absolute atomic E-state index is 0.221. The highest BCUT2D eigenvalue weighted by Gasteiger charge is 2.12. The molecule has 0 radical (unpaired) electrons. The second-order valence-electron chi connectivity index (χ2n) is 4.62. The minimum atomic E-state index is -0.453. The average Bonchev–Trinajstić information content (AvgIpc) is 2.55. The molecule has 2 rings (SSSR count). The molecule has 22 heavy (non-hydrogen) atoms. The zero-order chi connectivity index (χ0) is 15.8. The predicted octanol–water partition coefficient (Wildman–Crippen LogP) is 3.75. The smallest absolute Gasteiger partial charge is 0.255 e. The van der Waals surface area contributed by atoms with E-state index >= 15 is 0 Å². The van der Waals surface area contributed by atoms with E-state index in [1.165, 1.54) is 30.2 Å². The minimum Gasteiger partial charge on any atom is -0.496 e. The second kappa shape index (κ2) is 8.44. The van der Waals surface area contributed by atoms with Gasteiger partial charge in [0.25, 0.3) is 5.91 Å². The van der Waals surface area contributed by atoms with Gasteiger partial charge in [0.15, 0.2) is 0 Å². The van der Waals surface area contributed by atoms with Crippen molar-refractivity contribution in [3.8, 4) is 5.75 Å². The van der Waals surface area contributed by atoms with E-state index in [4.69, 9.17) is 4.74 Å². The fraction of sp³-hybridized carbons (Fsp3) is 0.235. The van der Waals surface area contributed by atoms with Gasteiger partial charge in [0.2, 0.25) is 0 Å². The van der Waals surface area contributed by atoms with Crippen molar-refractivity contribution in [1.29, 1.82) is 0 Å². The molecule has 0 aliphatic heterocycles. The largest absolute Gasteiger partial charge is 0.496 e. The SMILES string of the molecule is COc1ccc(F)cc1C(=O)NCCCSc1ccccc1. The molecule has 1 N–H and O–H groups in total. The third kappa shape index (κ3) is 4.77. The van der Waals surface area contributed by atoms with E-state index in [-0.39, 0.29) is 11.5 Å². The molecule has 0 bridgehead atoms. The topological polar surface area (TPSA) is 38.3 Å². The molecule has 0 fully saturated rings. The number of hydrogen-bond donors (Lipinski definition) is 1. The van der Waals surface area contributed by atoms with Crippen molar-refractivity contribution in [3.05, 3.63) is 59.9 Å². The molecule has 0 spiro atoms. The van der Waals surface area contributed by atoms with Gasteiger partial charge in [-0.1, -0.05) is 18.2 Å². The number of halogens is 1. The van der Waals surface area contributed by atoms with Crippen molar-refractivity contribution in [1.82, 2.24) is 5.32 Å². The van der Waals surface area contributed by atoms with Crippen molar-refractivity contribution >= 4 is 17.7 Å². The molecule has 0 aromatic heterocycles. The van der Waals surface area contributed by atoms with Crippen molar-refractivity contribution < 1.29 is 13.9 Å². The number of hydrogen-bond acceptors (Lipinski definition) is 3. The number of benzene rings is 2. The Balaban J connectivity index is 1.77. The number of carbonyl (C=O) groups excluding carboxylic acids is 1. The molecular weight excluding hydrogens is 301 g/mol. The van der Waals surface area contributed by atoms with Gasteiger partial charge in [-0.25, -0.2) is 4.39 Å². The first-order valence-corrected chi connectivity index (χ1v) is 7.99.